The molecule has 0 amide bonds. The van der Waals surface area contributed by atoms with Crippen LogP contribution in [0, 0.1) is 11.8 Å². The number of rotatable bonds is 14. The number of hydrogen-bond donors (Lipinski definition) is 0. The molecule has 2 unspecified atom stereocenters. The van der Waals surface area contributed by atoms with Gasteiger partial charge in [0.25, 0.3) is 0 Å². The Morgan fingerprint density at radius 2 is 1.46 bits per heavy atom. The van der Waals surface area contributed by atoms with Gasteiger partial charge in [-0.3, -0.25) is 4.98 Å². The van der Waals surface area contributed by atoms with Crippen molar-refractivity contribution in [3.05, 3.63) is 60.9 Å². The van der Waals surface area contributed by atoms with Gasteiger partial charge >= 0.3 is 0 Å². The largest absolute Gasteiger partial charge is 0.361 e. The van der Waals surface area contributed by atoms with Crippen molar-refractivity contribution in [2.45, 2.75) is 70.6 Å². The van der Waals surface area contributed by atoms with Gasteiger partial charge in [0.15, 0.2) is 5.65 Å². The summed E-state index contributed by atoms with van der Waals surface area (Å²) in [6.45, 7) is 18.9. The first kappa shape index (κ1) is 32.9. The van der Waals surface area contributed by atoms with E-state index in [1.54, 1.807) is 0 Å². The Hall–Kier alpha value is -3.06. The van der Waals surface area contributed by atoms with Gasteiger partial charge < -0.3 is 19.3 Å². The van der Waals surface area contributed by atoms with Gasteiger partial charge in [-0.1, -0.05) is 75.7 Å². The summed E-state index contributed by atoms with van der Waals surface area (Å²) in [6.07, 6.45) is 7.90. The number of pyridine rings is 1. The number of fused-ring (bicyclic) bond motifs is 3. The average Bonchev–Trinajstić information content (AvgIpc) is 3.61. The Kier molecular flexibility index (Phi) is 9.98. The summed E-state index contributed by atoms with van der Waals surface area (Å²) in [6, 6.07) is 19.0. The first-order chi connectivity index (χ1) is 22.0. The molecule has 2 atom stereocenters. The number of ether oxygens (including phenoxy) is 2. The highest BCUT2D eigenvalue weighted by atomic mass is 28.3. The second-order valence-corrected chi connectivity index (χ2v) is 27.0. The average molecular weight is 657 g/mol. The standard InChI is InChI=1S/C36H52N6O2Si2/c1-45(2,3)18-16-43-26-41(27-44-17-19-46(4,5)6)35-21-34(40-24-28-12-13-29(20-28)25-40)39-36-32(23-38-42(35)36)31-14-15-33(37-22-31)30-10-8-7-9-11-30/h7-11,14-15,21-23,28-29H,12-13,16-20,24-27H2,1-6H3. The SMILES string of the molecule is C[Si](C)(C)CCOCN(COCC[Si](C)(C)C)c1cc(N2CC3CCC(C3)C2)nc2c(-c3ccc(-c4ccccc4)nc3)cnn12. The van der Waals surface area contributed by atoms with Gasteiger partial charge in [-0.25, -0.2) is 4.98 Å². The molecule has 2 aliphatic rings. The molecule has 1 saturated carbocycles. The highest BCUT2D eigenvalue weighted by Gasteiger charge is 2.34. The quantitative estimate of drug-likeness (QED) is 0.0771. The van der Waals surface area contributed by atoms with Crippen LogP contribution in [0.1, 0.15) is 19.3 Å². The highest BCUT2D eigenvalue weighted by molar-refractivity contribution is 6.76. The second-order valence-electron chi connectivity index (χ2n) is 15.8. The molecule has 6 rings (SSSR count). The van der Waals surface area contributed by atoms with Crippen molar-refractivity contribution in [2.24, 2.45) is 11.8 Å². The number of nitrogens with zero attached hydrogens (tertiary/aromatic N) is 6. The first-order valence-electron chi connectivity index (χ1n) is 17.1. The van der Waals surface area contributed by atoms with E-state index < -0.39 is 16.1 Å². The molecule has 3 aromatic heterocycles. The normalized spacial score (nSPS) is 18.4. The Morgan fingerprint density at radius 3 is 2.04 bits per heavy atom. The lowest BCUT2D eigenvalue weighted by Gasteiger charge is -2.34. The summed E-state index contributed by atoms with van der Waals surface area (Å²) < 4.78 is 14.7. The van der Waals surface area contributed by atoms with E-state index in [2.05, 4.69) is 79.4 Å². The fourth-order valence-electron chi connectivity index (χ4n) is 6.53. The van der Waals surface area contributed by atoms with Crippen LogP contribution in [0.25, 0.3) is 28.0 Å². The van der Waals surface area contributed by atoms with Crippen LogP contribution in [0.15, 0.2) is 60.9 Å². The van der Waals surface area contributed by atoms with Gasteiger partial charge in [0.1, 0.15) is 25.1 Å². The Labute approximate surface area is 277 Å². The van der Waals surface area contributed by atoms with Gasteiger partial charge in [0.05, 0.1) is 11.9 Å². The molecule has 1 saturated heterocycles. The van der Waals surface area contributed by atoms with Gasteiger partial charge in [-0.15, -0.1) is 0 Å². The summed E-state index contributed by atoms with van der Waals surface area (Å²) in [5.41, 5.74) is 4.89. The summed E-state index contributed by atoms with van der Waals surface area (Å²) >= 11 is 0. The van der Waals surface area contributed by atoms with E-state index in [1.807, 2.05) is 35.1 Å². The maximum Gasteiger partial charge on any atom is 0.167 e. The van der Waals surface area contributed by atoms with Crippen molar-refractivity contribution in [2.75, 3.05) is 49.6 Å². The molecule has 8 nitrogen and oxygen atoms in total. The minimum absolute atomic E-state index is 0.448. The molecule has 0 spiro atoms. The summed E-state index contributed by atoms with van der Waals surface area (Å²) in [5, 5.41) is 4.93. The fourth-order valence-corrected chi connectivity index (χ4v) is 8.04. The molecule has 4 heterocycles. The van der Waals surface area contributed by atoms with Crippen molar-refractivity contribution in [3.8, 4) is 22.4 Å². The fraction of sp³-hybridized carbons (Fsp3) is 0.528. The Morgan fingerprint density at radius 1 is 0.804 bits per heavy atom. The third-order valence-corrected chi connectivity index (χ3v) is 12.7. The van der Waals surface area contributed by atoms with Crippen molar-refractivity contribution < 1.29 is 9.47 Å². The monoisotopic (exact) mass is 656 g/mol. The number of hydrogen-bond acceptors (Lipinski definition) is 7. The van der Waals surface area contributed by atoms with E-state index in [9.17, 15) is 0 Å². The Bertz CT molecular complexity index is 1550. The molecular weight excluding hydrogens is 605 g/mol. The first-order valence-corrected chi connectivity index (χ1v) is 24.5. The van der Waals surface area contributed by atoms with Gasteiger partial charge in [-0.2, -0.15) is 9.61 Å². The number of piperidine rings is 1. The summed E-state index contributed by atoms with van der Waals surface area (Å²) in [4.78, 5) is 14.9. The third-order valence-electron chi connectivity index (χ3n) is 9.33. The topological polar surface area (TPSA) is 68.0 Å². The predicted octanol–water partition coefficient (Wildman–Crippen LogP) is 8.13. The third kappa shape index (κ3) is 8.26. The van der Waals surface area contributed by atoms with Crippen LogP contribution in [-0.4, -0.2) is 75.5 Å². The molecule has 2 fully saturated rings. The molecule has 1 aliphatic carbocycles. The number of aromatic nitrogens is 4. The lowest BCUT2D eigenvalue weighted by atomic mass is 9.99. The van der Waals surface area contributed by atoms with E-state index in [-0.39, 0.29) is 0 Å². The molecule has 2 bridgehead atoms. The molecule has 4 aromatic rings. The van der Waals surface area contributed by atoms with Crippen molar-refractivity contribution in [3.63, 3.8) is 0 Å². The maximum absolute atomic E-state index is 6.35. The zero-order valence-corrected chi connectivity index (χ0v) is 30.7. The molecule has 1 aromatic carbocycles. The van der Waals surface area contributed by atoms with Crippen LogP contribution in [0.2, 0.25) is 51.4 Å². The molecule has 10 heteroatoms. The van der Waals surface area contributed by atoms with Crippen molar-refractivity contribution >= 4 is 33.4 Å². The smallest absolute Gasteiger partial charge is 0.167 e. The van der Waals surface area contributed by atoms with E-state index in [0.717, 1.165) is 89.9 Å². The molecule has 0 N–H and O–H groups in total. The van der Waals surface area contributed by atoms with Crippen LogP contribution in [0.3, 0.4) is 0 Å². The van der Waals surface area contributed by atoms with E-state index >= 15 is 0 Å². The summed E-state index contributed by atoms with van der Waals surface area (Å²) in [5.74, 6) is 3.48. The second kappa shape index (κ2) is 14.0. The number of anilines is 2. The maximum atomic E-state index is 6.35. The molecule has 246 valence electrons. The molecule has 0 radical (unpaired) electrons. The van der Waals surface area contributed by atoms with Crippen LogP contribution in [0.4, 0.5) is 11.6 Å². The predicted molar refractivity (Wildman–Crippen MR) is 195 cm³/mol. The van der Waals surface area contributed by atoms with Crippen LogP contribution < -0.4 is 9.80 Å². The van der Waals surface area contributed by atoms with E-state index in [1.165, 1.54) is 19.3 Å². The van der Waals surface area contributed by atoms with Crippen molar-refractivity contribution in [1.82, 2.24) is 19.6 Å². The van der Waals surface area contributed by atoms with Gasteiger partial charge in [0.2, 0.25) is 0 Å². The van der Waals surface area contributed by atoms with Crippen LogP contribution in [0.5, 0.6) is 0 Å². The minimum Gasteiger partial charge on any atom is -0.361 e. The van der Waals surface area contributed by atoms with Crippen LogP contribution >= 0.6 is 0 Å². The van der Waals surface area contributed by atoms with Crippen molar-refractivity contribution in [1.29, 1.82) is 0 Å². The molecule has 1 aliphatic heterocycles. The van der Waals surface area contributed by atoms with Gasteiger partial charge in [-0.05, 0) is 49.3 Å². The zero-order valence-electron chi connectivity index (χ0n) is 28.7. The van der Waals surface area contributed by atoms with E-state index in [0.29, 0.717) is 13.5 Å². The summed E-state index contributed by atoms with van der Waals surface area (Å²) in [7, 11) is -2.43. The highest BCUT2D eigenvalue weighted by Crippen LogP contribution is 2.39. The lowest BCUT2D eigenvalue weighted by Crippen LogP contribution is -2.38. The van der Waals surface area contributed by atoms with Crippen LogP contribution in [-0.2, 0) is 9.47 Å². The zero-order chi connectivity index (χ0) is 32.3. The number of benzene rings is 1. The lowest BCUT2D eigenvalue weighted by molar-refractivity contribution is 0.0942. The molecule has 46 heavy (non-hydrogen) atoms. The van der Waals surface area contributed by atoms with E-state index in [4.69, 9.17) is 24.5 Å². The molecular formula is C36H52N6O2Si2. The minimum atomic E-state index is -1.21. The van der Waals surface area contributed by atoms with Gasteiger partial charge in [0, 0.05) is 71.4 Å². The Balaban J connectivity index is 1.35.